The molecule has 7 nitrogen and oxygen atoms in total. The number of rotatable bonds is 9. The predicted octanol–water partition coefficient (Wildman–Crippen LogP) is 3.96. The van der Waals surface area contributed by atoms with E-state index in [1.54, 1.807) is 18.2 Å². The van der Waals surface area contributed by atoms with Crippen molar-refractivity contribution < 1.29 is 34.4 Å². The zero-order valence-electron chi connectivity index (χ0n) is 16.6. The van der Waals surface area contributed by atoms with Crippen LogP contribution in [0, 0.1) is 0 Å². The van der Waals surface area contributed by atoms with Crippen molar-refractivity contribution in [2.24, 2.45) is 0 Å². The van der Waals surface area contributed by atoms with Crippen LogP contribution < -0.4 is 4.74 Å². The van der Waals surface area contributed by atoms with Crippen molar-refractivity contribution in [2.75, 3.05) is 6.61 Å². The first-order chi connectivity index (χ1) is 14.2. The number of carbonyl (C=O) groups is 3. The number of hydrogen-bond donors (Lipinski definition) is 3. The molecule has 7 heteroatoms. The zero-order valence-corrected chi connectivity index (χ0v) is 16.6. The van der Waals surface area contributed by atoms with Crippen LogP contribution in [-0.2, 0) is 11.2 Å². The minimum atomic E-state index is -1.25. The molecule has 0 unspecified atom stereocenters. The molecule has 0 spiro atoms. The highest BCUT2D eigenvalue weighted by atomic mass is 16.5. The molecule has 2 aromatic rings. The van der Waals surface area contributed by atoms with Crippen LogP contribution in [0.5, 0.6) is 11.5 Å². The molecule has 0 atom stereocenters. The molecule has 0 fully saturated rings. The highest BCUT2D eigenvalue weighted by Crippen LogP contribution is 2.35. The van der Waals surface area contributed by atoms with Crippen molar-refractivity contribution in [3.63, 3.8) is 0 Å². The summed E-state index contributed by atoms with van der Waals surface area (Å²) in [5, 5.41) is 28.5. The fourth-order valence-corrected chi connectivity index (χ4v) is 2.60. The third kappa shape index (κ3) is 6.07. The van der Waals surface area contributed by atoms with Gasteiger partial charge in [0.15, 0.2) is 23.9 Å². The summed E-state index contributed by atoms with van der Waals surface area (Å²) < 4.78 is 5.20. The Labute approximate surface area is 173 Å². The van der Waals surface area contributed by atoms with E-state index in [1.807, 2.05) is 19.9 Å². The summed E-state index contributed by atoms with van der Waals surface area (Å²) in [6.45, 7) is 3.09. The van der Waals surface area contributed by atoms with Crippen molar-refractivity contribution in [1.29, 1.82) is 0 Å². The molecular weight excluding hydrogens is 388 g/mol. The van der Waals surface area contributed by atoms with Crippen molar-refractivity contribution >= 4 is 23.8 Å². The summed E-state index contributed by atoms with van der Waals surface area (Å²) in [5.74, 6) is -3.35. The SMILES string of the molecule is CC(C)=CCc1ccc(C(=O)C=Cc2cccc(C(=O)O)c2)c(OCC(=O)O)c1O. The van der Waals surface area contributed by atoms with Gasteiger partial charge in [0.1, 0.15) is 0 Å². The van der Waals surface area contributed by atoms with E-state index in [2.05, 4.69) is 0 Å². The molecular formula is C23H22O7. The Hall–Kier alpha value is -3.87. The van der Waals surface area contributed by atoms with Gasteiger partial charge < -0.3 is 20.1 Å². The summed E-state index contributed by atoms with van der Waals surface area (Å²) in [5.41, 5.74) is 2.11. The van der Waals surface area contributed by atoms with Gasteiger partial charge in [-0.3, -0.25) is 4.79 Å². The first kappa shape index (κ1) is 22.4. The number of aromatic hydroxyl groups is 1. The lowest BCUT2D eigenvalue weighted by molar-refractivity contribution is -0.139. The Morgan fingerprint density at radius 1 is 1.07 bits per heavy atom. The summed E-state index contributed by atoms with van der Waals surface area (Å²) >= 11 is 0. The molecule has 0 aromatic heterocycles. The van der Waals surface area contributed by atoms with Gasteiger partial charge >= 0.3 is 11.9 Å². The third-order valence-electron chi connectivity index (χ3n) is 4.11. The van der Waals surface area contributed by atoms with Crippen LogP contribution in [0.15, 0.2) is 54.1 Å². The first-order valence-corrected chi connectivity index (χ1v) is 9.07. The van der Waals surface area contributed by atoms with E-state index >= 15 is 0 Å². The van der Waals surface area contributed by atoms with Gasteiger partial charge in [0, 0.05) is 5.56 Å². The highest BCUT2D eigenvalue weighted by Gasteiger charge is 2.19. The molecule has 0 aliphatic heterocycles. The Kier molecular flexibility index (Phi) is 7.52. The molecule has 0 saturated heterocycles. The van der Waals surface area contributed by atoms with Gasteiger partial charge in [-0.1, -0.05) is 35.9 Å². The van der Waals surface area contributed by atoms with Gasteiger partial charge in [-0.2, -0.15) is 0 Å². The Morgan fingerprint density at radius 2 is 1.80 bits per heavy atom. The van der Waals surface area contributed by atoms with E-state index in [0.29, 0.717) is 17.5 Å². The summed E-state index contributed by atoms with van der Waals surface area (Å²) in [4.78, 5) is 34.6. The minimum absolute atomic E-state index is 0.000314. The number of phenolic OH excluding ortho intramolecular Hbond substituents is 1. The Morgan fingerprint density at radius 3 is 2.43 bits per heavy atom. The minimum Gasteiger partial charge on any atom is -0.504 e. The second-order valence-electron chi connectivity index (χ2n) is 6.75. The van der Waals surface area contributed by atoms with Crippen LogP contribution in [-0.4, -0.2) is 39.6 Å². The molecule has 0 saturated carbocycles. The Balaban J connectivity index is 2.38. The number of ketones is 1. The monoisotopic (exact) mass is 410 g/mol. The van der Waals surface area contributed by atoms with Crippen molar-refractivity contribution in [1.82, 2.24) is 0 Å². The number of carboxylic acids is 2. The predicted molar refractivity (Wildman–Crippen MR) is 111 cm³/mol. The van der Waals surface area contributed by atoms with Gasteiger partial charge in [0.25, 0.3) is 0 Å². The largest absolute Gasteiger partial charge is 0.504 e. The van der Waals surface area contributed by atoms with E-state index < -0.39 is 24.3 Å². The van der Waals surface area contributed by atoms with Gasteiger partial charge in [0.2, 0.25) is 0 Å². The van der Waals surface area contributed by atoms with E-state index in [4.69, 9.17) is 14.9 Å². The van der Waals surface area contributed by atoms with Crippen molar-refractivity contribution in [3.8, 4) is 11.5 Å². The average molecular weight is 410 g/mol. The van der Waals surface area contributed by atoms with Crippen LogP contribution in [0.1, 0.15) is 45.7 Å². The third-order valence-corrected chi connectivity index (χ3v) is 4.11. The number of aliphatic carboxylic acids is 1. The highest BCUT2D eigenvalue weighted by molar-refractivity contribution is 6.09. The van der Waals surface area contributed by atoms with E-state index in [1.165, 1.54) is 30.4 Å². The van der Waals surface area contributed by atoms with E-state index in [-0.39, 0.29) is 22.6 Å². The number of carbonyl (C=O) groups excluding carboxylic acids is 1. The number of benzene rings is 2. The lowest BCUT2D eigenvalue weighted by Crippen LogP contribution is -2.12. The smallest absolute Gasteiger partial charge is 0.341 e. The topological polar surface area (TPSA) is 121 Å². The first-order valence-electron chi connectivity index (χ1n) is 9.07. The summed E-state index contributed by atoms with van der Waals surface area (Å²) in [6.07, 6.45) is 4.92. The van der Waals surface area contributed by atoms with Gasteiger partial charge in [-0.25, -0.2) is 9.59 Å². The second kappa shape index (κ2) is 10.1. The molecule has 0 amide bonds. The summed E-state index contributed by atoms with van der Waals surface area (Å²) in [7, 11) is 0. The van der Waals surface area contributed by atoms with Crippen molar-refractivity contribution in [3.05, 3.63) is 76.4 Å². The Bertz CT molecular complexity index is 1030. The average Bonchev–Trinajstić information content (AvgIpc) is 2.69. The van der Waals surface area contributed by atoms with Crippen LogP contribution in [0.25, 0.3) is 6.08 Å². The zero-order chi connectivity index (χ0) is 22.3. The lowest BCUT2D eigenvalue weighted by Gasteiger charge is -2.13. The number of phenols is 1. The molecule has 30 heavy (non-hydrogen) atoms. The molecule has 3 N–H and O–H groups in total. The fourth-order valence-electron chi connectivity index (χ4n) is 2.60. The van der Waals surface area contributed by atoms with Crippen LogP contribution >= 0.6 is 0 Å². The normalized spacial score (nSPS) is 10.6. The van der Waals surface area contributed by atoms with E-state index in [9.17, 15) is 19.5 Å². The molecule has 0 radical (unpaired) electrons. The maximum Gasteiger partial charge on any atom is 0.341 e. The molecule has 0 aliphatic carbocycles. The van der Waals surface area contributed by atoms with Gasteiger partial charge in [-0.15, -0.1) is 0 Å². The van der Waals surface area contributed by atoms with Gasteiger partial charge in [0.05, 0.1) is 11.1 Å². The number of ether oxygens (including phenoxy) is 1. The molecule has 156 valence electrons. The van der Waals surface area contributed by atoms with Crippen LogP contribution in [0.4, 0.5) is 0 Å². The maximum atomic E-state index is 12.7. The fraction of sp³-hybridized carbons (Fsp3) is 0.174. The number of hydrogen-bond acceptors (Lipinski definition) is 5. The van der Waals surface area contributed by atoms with Crippen LogP contribution in [0.3, 0.4) is 0 Å². The van der Waals surface area contributed by atoms with Crippen LogP contribution in [0.2, 0.25) is 0 Å². The number of aromatic carboxylic acids is 1. The second-order valence-corrected chi connectivity index (χ2v) is 6.75. The molecule has 0 heterocycles. The summed E-state index contributed by atoms with van der Waals surface area (Å²) in [6, 6.07) is 9.08. The number of allylic oxidation sites excluding steroid dienone is 3. The lowest BCUT2D eigenvalue weighted by atomic mass is 10.0. The van der Waals surface area contributed by atoms with Gasteiger partial charge in [-0.05, 0) is 50.1 Å². The molecule has 0 aliphatic rings. The maximum absolute atomic E-state index is 12.7. The standard InChI is InChI=1S/C23H22O7/c1-14(2)6-8-16-9-10-18(22(21(16)27)30-13-20(25)26)19(24)11-7-15-4-3-5-17(12-15)23(28)29/h3-7,9-12,27H,8,13H2,1-2H3,(H,25,26)(H,28,29). The van der Waals surface area contributed by atoms with Crippen molar-refractivity contribution in [2.45, 2.75) is 20.3 Å². The number of carboxylic acid groups (broad SMARTS) is 2. The molecule has 2 rings (SSSR count). The molecule has 2 aromatic carbocycles. The molecule has 0 bridgehead atoms. The van der Waals surface area contributed by atoms with E-state index in [0.717, 1.165) is 5.57 Å². The quantitative estimate of drug-likeness (QED) is 0.325.